The summed E-state index contributed by atoms with van der Waals surface area (Å²) in [6.45, 7) is 4.81. The summed E-state index contributed by atoms with van der Waals surface area (Å²) in [7, 11) is -9.00. The molecule has 1 aliphatic heterocycles. The molecule has 0 radical (unpaired) electrons. The Morgan fingerprint density at radius 2 is 1.62 bits per heavy atom. The molecule has 0 saturated carbocycles. The van der Waals surface area contributed by atoms with Crippen molar-refractivity contribution in [1.82, 2.24) is 4.31 Å². The van der Waals surface area contributed by atoms with E-state index in [9.17, 15) is 34.8 Å². The van der Waals surface area contributed by atoms with E-state index in [1.54, 1.807) is 43.1 Å². The maximum atomic E-state index is 13.9. The third-order valence-electron chi connectivity index (χ3n) is 6.15. The zero-order chi connectivity index (χ0) is 28.8. The normalized spacial score (nSPS) is 15.3. The van der Waals surface area contributed by atoms with Crippen molar-refractivity contribution in [2.24, 2.45) is 0 Å². The number of anilines is 2. The third-order valence-corrected chi connectivity index (χ3v) is 8.93. The molecule has 1 atom stereocenters. The fourth-order valence-electron chi connectivity index (χ4n) is 4.27. The van der Waals surface area contributed by atoms with Gasteiger partial charge in [0.15, 0.2) is 0 Å². The van der Waals surface area contributed by atoms with Crippen LogP contribution in [0.4, 0.5) is 24.5 Å². The number of para-hydroxylation sites is 1. The Kier molecular flexibility index (Phi) is 7.36. The van der Waals surface area contributed by atoms with E-state index >= 15 is 0 Å². The number of fused-ring (bicyclic) bond motifs is 2. The largest absolute Gasteiger partial charge is 0.523 e. The number of aryl methyl sites for hydroxylation is 1. The molecule has 0 fully saturated rings. The average molecular weight is 581 g/mol. The molecule has 8 nitrogen and oxygen atoms in total. The standard InChI is InChI=1S/C26H23F3N2O6S2/c1-4-16-31(38(33,34)18-14-12-17(2)13-15-18)25(32)20-9-7-11-22-23(20)24(37-39(35,36)26(27,28)29)19-8-5-6-10-21(19)30(22)3/h4-15,24H,1,16H2,2-3H3. The summed E-state index contributed by atoms with van der Waals surface area (Å²) in [5.41, 5.74) is -5.01. The highest BCUT2D eigenvalue weighted by Gasteiger charge is 2.50. The first-order valence-corrected chi connectivity index (χ1v) is 14.3. The van der Waals surface area contributed by atoms with Crippen LogP contribution in [0.3, 0.4) is 0 Å². The maximum absolute atomic E-state index is 13.9. The van der Waals surface area contributed by atoms with Crippen molar-refractivity contribution in [3.63, 3.8) is 0 Å². The molecule has 0 aromatic heterocycles. The fourth-order valence-corrected chi connectivity index (χ4v) is 6.18. The molecule has 0 bridgehead atoms. The number of carbonyl (C=O) groups is 1. The Bertz CT molecular complexity index is 1650. The Morgan fingerprint density at radius 1 is 1.00 bits per heavy atom. The van der Waals surface area contributed by atoms with E-state index < -0.39 is 44.2 Å². The van der Waals surface area contributed by atoms with Gasteiger partial charge < -0.3 is 4.90 Å². The van der Waals surface area contributed by atoms with Gasteiger partial charge in [-0.15, -0.1) is 6.58 Å². The Hall–Kier alpha value is -3.68. The van der Waals surface area contributed by atoms with Crippen molar-refractivity contribution in [3.8, 4) is 0 Å². The van der Waals surface area contributed by atoms with Crippen LogP contribution in [-0.4, -0.2) is 46.1 Å². The number of amides is 1. The molecule has 0 N–H and O–H groups in total. The Labute approximate surface area is 224 Å². The number of carbonyl (C=O) groups excluding carboxylic acids is 1. The molecule has 0 spiro atoms. The summed E-state index contributed by atoms with van der Waals surface area (Å²) in [5, 5.41) is 0. The zero-order valence-corrected chi connectivity index (χ0v) is 22.3. The van der Waals surface area contributed by atoms with Gasteiger partial charge in [-0.3, -0.25) is 4.79 Å². The molecule has 1 amide bonds. The summed E-state index contributed by atoms with van der Waals surface area (Å²) in [4.78, 5) is 15.2. The monoisotopic (exact) mass is 580 g/mol. The number of alkyl halides is 3. The van der Waals surface area contributed by atoms with Crippen molar-refractivity contribution in [3.05, 3.63) is 102 Å². The van der Waals surface area contributed by atoms with E-state index in [0.29, 0.717) is 9.99 Å². The van der Waals surface area contributed by atoms with Crippen molar-refractivity contribution in [2.45, 2.75) is 23.4 Å². The lowest BCUT2D eigenvalue weighted by Crippen LogP contribution is -2.39. The van der Waals surface area contributed by atoms with Gasteiger partial charge in [-0.2, -0.15) is 21.6 Å². The van der Waals surface area contributed by atoms with Crippen molar-refractivity contribution in [2.75, 3.05) is 18.5 Å². The van der Waals surface area contributed by atoms with Gasteiger partial charge in [-0.05, 0) is 37.3 Å². The van der Waals surface area contributed by atoms with Gasteiger partial charge in [0.2, 0.25) is 0 Å². The number of hydrogen-bond donors (Lipinski definition) is 0. The predicted octanol–water partition coefficient (Wildman–Crippen LogP) is 5.05. The summed E-state index contributed by atoms with van der Waals surface area (Å²) < 4.78 is 96.7. The summed E-state index contributed by atoms with van der Waals surface area (Å²) in [6, 6.07) is 15.8. The number of sulfonamides is 1. The number of halogens is 3. The quantitative estimate of drug-likeness (QED) is 0.219. The van der Waals surface area contributed by atoms with Crippen molar-refractivity contribution in [1.29, 1.82) is 0 Å². The molecule has 13 heteroatoms. The molecule has 3 aromatic carbocycles. The van der Waals surface area contributed by atoms with Gasteiger partial charge in [0.25, 0.3) is 15.9 Å². The molecular formula is C26H23F3N2O6S2. The minimum Gasteiger partial charge on any atom is -0.344 e. The first-order chi connectivity index (χ1) is 18.2. The van der Waals surface area contributed by atoms with E-state index in [-0.39, 0.29) is 27.3 Å². The van der Waals surface area contributed by atoms with Gasteiger partial charge in [-0.25, -0.2) is 16.9 Å². The van der Waals surface area contributed by atoms with Crippen LogP contribution in [0, 0.1) is 6.92 Å². The second-order valence-corrected chi connectivity index (χ2v) is 12.1. The average Bonchev–Trinajstić information content (AvgIpc) is 2.88. The Balaban J connectivity index is 1.93. The number of nitrogens with zero attached hydrogens (tertiary/aromatic N) is 2. The second-order valence-electron chi connectivity index (χ2n) is 8.68. The van der Waals surface area contributed by atoms with Crippen LogP contribution < -0.4 is 4.90 Å². The van der Waals surface area contributed by atoms with Gasteiger partial charge >= 0.3 is 15.6 Å². The lowest BCUT2D eigenvalue weighted by molar-refractivity contribution is -0.0563. The lowest BCUT2D eigenvalue weighted by atomic mass is 9.89. The molecule has 1 aliphatic rings. The summed E-state index contributed by atoms with van der Waals surface area (Å²) >= 11 is 0. The second kappa shape index (κ2) is 10.1. The van der Waals surface area contributed by atoms with Crippen molar-refractivity contribution >= 4 is 37.4 Å². The molecule has 39 heavy (non-hydrogen) atoms. The Morgan fingerprint density at radius 3 is 2.23 bits per heavy atom. The maximum Gasteiger partial charge on any atom is 0.523 e. The SMILES string of the molecule is C=CCN(C(=O)c1cccc2c1C(OS(=O)(=O)C(F)(F)F)c1ccccc1N2C)S(=O)(=O)c1ccc(C)cc1. The number of hydrogen-bond acceptors (Lipinski definition) is 7. The van der Waals surface area contributed by atoms with Gasteiger partial charge in [0.05, 0.1) is 11.4 Å². The van der Waals surface area contributed by atoms with Crippen molar-refractivity contribution < 1.29 is 39.0 Å². The fraction of sp³-hybridized carbons (Fsp3) is 0.192. The highest BCUT2D eigenvalue weighted by Crippen LogP contribution is 2.48. The predicted molar refractivity (Wildman–Crippen MR) is 138 cm³/mol. The minimum absolute atomic E-state index is 0.0391. The van der Waals surface area contributed by atoms with E-state index in [4.69, 9.17) is 4.18 Å². The van der Waals surface area contributed by atoms with Gasteiger partial charge in [0.1, 0.15) is 6.10 Å². The molecule has 1 unspecified atom stereocenters. The summed E-state index contributed by atoms with van der Waals surface area (Å²) in [5.74, 6) is -1.10. The number of benzene rings is 3. The molecule has 3 aromatic rings. The first-order valence-electron chi connectivity index (χ1n) is 11.4. The molecule has 206 valence electrons. The van der Waals surface area contributed by atoms with Crippen LogP contribution in [0.1, 0.15) is 33.2 Å². The van der Waals surface area contributed by atoms with Crippen LogP contribution >= 0.6 is 0 Å². The molecule has 1 heterocycles. The highest BCUT2D eigenvalue weighted by molar-refractivity contribution is 7.89. The van der Waals surface area contributed by atoms with Gasteiger partial charge in [0, 0.05) is 35.1 Å². The summed E-state index contributed by atoms with van der Waals surface area (Å²) in [6.07, 6.45) is -0.713. The van der Waals surface area contributed by atoms with Gasteiger partial charge in [-0.1, -0.05) is 48.0 Å². The van der Waals surface area contributed by atoms with Crippen LogP contribution in [0.15, 0.2) is 84.3 Å². The third kappa shape index (κ3) is 5.04. The smallest absolute Gasteiger partial charge is 0.344 e. The van der Waals surface area contributed by atoms with E-state index in [1.165, 1.54) is 48.5 Å². The molecule has 0 saturated heterocycles. The van der Waals surface area contributed by atoms with E-state index in [0.717, 1.165) is 5.56 Å². The van der Waals surface area contributed by atoms with E-state index in [1.807, 2.05) is 0 Å². The topological polar surface area (TPSA) is 101 Å². The van der Waals surface area contributed by atoms with Crippen LogP contribution in [0.25, 0.3) is 0 Å². The highest BCUT2D eigenvalue weighted by atomic mass is 32.2. The zero-order valence-electron chi connectivity index (χ0n) is 20.7. The molecule has 0 aliphatic carbocycles. The van der Waals surface area contributed by atoms with Crippen LogP contribution in [-0.2, 0) is 24.3 Å². The van der Waals surface area contributed by atoms with Crippen LogP contribution in [0.2, 0.25) is 0 Å². The molecular weight excluding hydrogens is 557 g/mol. The number of rotatable bonds is 7. The lowest BCUT2D eigenvalue weighted by Gasteiger charge is -2.36. The molecule has 4 rings (SSSR count). The first kappa shape index (κ1) is 28.3. The van der Waals surface area contributed by atoms with E-state index in [2.05, 4.69) is 6.58 Å². The minimum atomic E-state index is -6.13. The van der Waals surface area contributed by atoms with Crippen LogP contribution in [0.5, 0.6) is 0 Å².